The third kappa shape index (κ3) is 13.3. The van der Waals surface area contributed by atoms with Crippen molar-refractivity contribution >= 4 is 5.97 Å². The standard InChI is InChI=1S/C32H56O5/c1-8-9-21-37-30-27(6)26(5)29(33)22-28(30)18-17-24(3)14-10-13-23(2)15-11-19-32(7,36)20-12-16-25(4)31(34)35/h15,22,24-25,29-30,33,36H,8-14,16-21H2,1-7H3,(H,34,35)/b23-15+. The van der Waals surface area contributed by atoms with Gasteiger partial charge in [-0.2, -0.15) is 0 Å². The maximum absolute atomic E-state index is 10.9. The highest BCUT2D eigenvalue weighted by Gasteiger charge is 2.26. The molecule has 37 heavy (non-hydrogen) atoms. The smallest absolute Gasteiger partial charge is 0.306 e. The summed E-state index contributed by atoms with van der Waals surface area (Å²) >= 11 is 0. The number of aliphatic hydroxyl groups is 2. The van der Waals surface area contributed by atoms with Gasteiger partial charge in [-0.05, 0) is 121 Å². The molecule has 0 saturated carbocycles. The zero-order valence-electron chi connectivity index (χ0n) is 24.8. The van der Waals surface area contributed by atoms with Crippen LogP contribution in [0.4, 0.5) is 0 Å². The van der Waals surface area contributed by atoms with E-state index >= 15 is 0 Å². The van der Waals surface area contributed by atoms with Gasteiger partial charge >= 0.3 is 5.97 Å². The van der Waals surface area contributed by atoms with Gasteiger partial charge in [0.25, 0.3) is 0 Å². The van der Waals surface area contributed by atoms with Gasteiger partial charge in [0, 0.05) is 6.61 Å². The topological polar surface area (TPSA) is 87.0 Å². The number of carboxylic acids is 1. The van der Waals surface area contributed by atoms with E-state index in [9.17, 15) is 15.0 Å². The molecule has 0 aliphatic heterocycles. The lowest BCUT2D eigenvalue weighted by Crippen LogP contribution is -2.27. The minimum absolute atomic E-state index is 0.0186. The highest BCUT2D eigenvalue weighted by molar-refractivity contribution is 5.69. The van der Waals surface area contributed by atoms with E-state index in [1.165, 1.54) is 23.1 Å². The number of aliphatic hydroxyl groups excluding tert-OH is 1. The lowest BCUT2D eigenvalue weighted by molar-refractivity contribution is -0.141. The Morgan fingerprint density at radius 3 is 2.46 bits per heavy atom. The first-order valence-electron chi connectivity index (χ1n) is 14.7. The second kappa shape index (κ2) is 17.2. The van der Waals surface area contributed by atoms with Crippen LogP contribution in [0, 0.1) is 11.8 Å². The minimum atomic E-state index is -0.764. The molecule has 1 rings (SSSR count). The summed E-state index contributed by atoms with van der Waals surface area (Å²) in [6, 6.07) is 0. The van der Waals surface area contributed by atoms with E-state index in [1.807, 2.05) is 19.9 Å². The highest BCUT2D eigenvalue weighted by atomic mass is 16.5. The summed E-state index contributed by atoms with van der Waals surface area (Å²) in [5.74, 6) is -0.499. The van der Waals surface area contributed by atoms with Crippen LogP contribution >= 0.6 is 0 Å². The van der Waals surface area contributed by atoms with Gasteiger partial charge in [0.1, 0.15) is 0 Å². The van der Waals surface area contributed by atoms with E-state index in [4.69, 9.17) is 9.84 Å². The fraction of sp³-hybridized carbons (Fsp3) is 0.781. The fourth-order valence-electron chi connectivity index (χ4n) is 4.98. The maximum atomic E-state index is 10.9. The third-order valence-corrected chi connectivity index (χ3v) is 8.09. The first-order valence-corrected chi connectivity index (χ1v) is 14.7. The minimum Gasteiger partial charge on any atom is -0.481 e. The molecule has 0 spiro atoms. The molecule has 0 amide bonds. The average Bonchev–Trinajstić information content (AvgIpc) is 2.82. The number of carboxylic acid groups (broad SMARTS) is 1. The molecule has 3 N–H and O–H groups in total. The van der Waals surface area contributed by atoms with E-state index in [-0.39, 0.29) is 12.0 Å². The van der Waals surface area contributed by atoms with E-state index < -0.39 is 17.7 Å². The zero-order valence-corrected chi connectivity index (χ0v) is 24.8. The molecule has 1 aliphatic rings. The van der Waals surface area contributed by atoms with Gasteiger partial charge in [-0.1, -0.05) is 45.3 Å². The van der Waals surface area contributed by atoms with Crippen LogP contribution in [-0.4, -0.2) is 45.7 Å². The van der Waals surface area contributed by atoms with Crippen LogP contribution in [0.1, 0.15) is 126 Å². The Morgan fingerprint density at radius 1 is 1.11 bits per heavy atom. The third-order valence-electron chi connectivity index (χ3n) is 8.09. The second-order valence-electron chi connectivity index (χ2n) is 11.9. The molecule has 0 aromatic carbocycles. The summed E-state index contributed by atoms with van der Waals surface area (Å²) < 4.78 is 6.23. The van der Waals surface area contributed by atoms with Crippen LogP contribution in [0.2, 0.25) is 0 Å². The van der Waals surface area contributed by atoms with Gasteiger partial charge in [-0.25, -0.2) is 0 Å². The van der Waals surface area contributed by atoms with E-state index in [2.05, 4.69) is 33.8 Å². The molecule has 0 bridgehead atoms. The molecule has 0 fully saturated rings. The number of allylic oxidation sites excluding steroid dienone is 2. The van der Waals surface area contributed by atoms with Gasteiger partial charge in [0.05, 0.1) is 23.7 Å². The van der Waals surface area contributed by atoms with E-state index in [0.717, 1.165) is 63.5 Å². The number of unbranched alkanes of at least 4 members (excludes halogenated alkanes) is 1. The summed E-state index contributed by atoms with van der Waals surface area (Å²) in [6.45, 7) is 15.1. The lowest BCUT2D eigenvalue weighted by Gasteiger charge is -2.30. The van der Waals surface area contributed by atoms with Crippen molar-refractivity contribution in [2.45, 2.75) is 143 Å². The predicted molar refractivity (Wildman–Crippen MR) is 154 cm³/mol. The Kier molecular flexibility index (Phi) is 15.6. The van der Waals surface area contributed by atoms with Crippen molar-refractivity contribution in [2.24, 2.45) is 11.8 Å². The van der Waals surface area contributed by atoms with Gasteiger partial charge in [-0.15, -0.1) is 0 Å². The number of aliphatic carboxylic acids is 1. The SMILES string of the molecule is CCCCOC1C(CCC(C)CCC/C(C)=C/CCC(C)(O)CCCC(C)C(=O)O)=CC(O)C(C)=C1C. The summed E-state index contributed by atoms with van der Waals surface area (Å²) in [4.78, 5) is 10.9. The molecular weight excluding hydrogens is 464 g/mol. The molecule has 214 valence electrons. The molecule has 0 aromatic rings. The largest absolute Gasteiger partial charge is 0.481 e. The van der Waals surface area contributed by atoms with Crippen LogP contribution in [0.5, 0.6) is 0 Å². The van der Waals surface area contributed by atoms with Crippen LogP contribution in [-0.2, 0) is 9.53 Å². The van der Waals surface area contributed by atoms with E-state index in [0.29, 0.717) is 25.2 Å². The number of hydrogen-bond donors (Lipinski definition) is 3. The van der Waals surface area contributed by atoms with Crippen molar-refractivity contribution in [2.75, 3.05) is 6.61 Å². The molecule has 5 heteroatoms. The van der Waals surface area contributed by atoms with Gasteiger partial charge in [0.2, 0.25) is 0 Å². The quantitative estimate of drug-likeness (QED) is 0.120. The van der Waals surface area contributed by atoms with Crippen LogP contribution < -0.4 is 0 Å². The van der Waals surface area contributed by atoms with Crippen LogP contribution in [0.25, 0.3) is 0 Å². The van der Waals surface area contributed by atoms with Crippen molar-refractivity contribution in [3.63, 3.8) is 0 Å². The first kappa shape index (κ1) is 33.6. The number of rotatable bonds is 19. The van der Waals surface area contributed by atoms with E-state index in [1.54, 1.807) is 6.92 Å². The fourth-order valence-corrected chi connectivity index (χ4v) is 4.98. The Balaban J connectivity index is 2.38. The summed E-state index contributed by atoms with van der Waals surface area (Å²) in [5.41, 5.74) is 4.06. The Morgan fingerprint density at radius 2 is 1.81 bits per heavy atom. The van der Waals surface area contributed by atoms with Crippen molar-refractivity contribution in [1.82, 2.24) is 0 Å². The van der Waals surface area contributed by atoms with Crippen molar-refractivity contribution in [3.05, 3.63) is 34.4 Å². The van der Waals surface area contributed by atoms with Crippen LogP contribution in [0.3, 0.4) is 0 Å². The Labute approximate surface area is 227 Å². The average molecular weight is 521 g/mol. The lowest BCUT2D eigenvalue weighted by atomic mass is 9.85. The molecule has 0 saturated heterocycles. The zero-order chi connectivity index (χ0) is 28.0. The van der Waals surface area contributed by atoms with Gasteiger partial charge in [0.15, 0.2) is 0 Å². The monoisotopic (exact) mass is 520 g/mol. The summed E-state index contributed by atoms with van der Waals surface area (Å²) in [6.07, 6.45) is 15.0. The van der Waals surface area contributed by atoms with Crippen molar-refractivity contribution in [3.8, 4) is 0 Å². The molecule has 5 unspecified atom stereocenters. The van der Waals surface area contributed by atoms with Crippen molar-refractivity contribution < 1.29 is 24.9 Å². The normalized spacial score (nSPS) is 22.0. The second-order valence-corrected chi connectivity index (χ2v) is 11.9. The molecule has 5 nitrogen and oxygen atoms in total. The predicted octanol–water partition coefficient (Wildman–Crippen LogP) is 7.76. The summed E-state index contributed by atoms with van der Waals surface area (Å²) in [7, 11) is 0. The Bertz CT molecular complexity index is 776. The molecule has 0 radical (unpaired) electrons. The number of hydrogen-bond acceptors (Lipinski definition) is 4. The van der Waals surface area contributed by atoms with Crippen molar-refractivity contribution in [1.29, 1.82) is 0 Å². The van der Waals surface area contributed by atoms with Gasteiger partial charge in [-0.3, -0.25) is 4.79 Å². The molecule has 0 heterocycles. The van der Waals surface area contributed by atoms with Crippen LogP contribution in [0.15, 0.2) is 34.4 Å². The number of ether oxygens (including phenoxy) is 1. The summed E-state index contributed by atoms with van der Waals surface area (Å²) in [5, 5.41) is 30.1. The molecule has 1 aliphatic carbocycles. The molecule has 5 atom stereocenters. The van der Waals surface area contributed by atoms with Gasteiger partial charge < -0.3 is 20.1 Å². The molecule has 0 aromatic heterocycles. The number of carbonyl (C=O) groups is 1. The highest BCUT2D eigenvalue weighted by Crippen LogP contribution is 2.32. The maximum Gasteiger partial charge on any atom is 0.306 e. The molecular formula is C32H56O5. The first-order chi connectivity index (χ1) is 17.4. The Hall–Kier alpha value is -1.43.